The van der Waals surface area contributed by atoms with Crippen molar-refractivity contribution in [2.24, 2.45) is 0 Å². The molecule has 1 aromatic heterocycles. The quantitative estimate of drug-likeness (QED) is 0.416. The van der Waals surface area contributed by atoms with Crippen LogP contribution in [-0.4, -0.2) is 35.4 Å². The maximum atomic E-state index is 11.2. The van der Waals surface area contributed by atoms with Crippen LogP contribution in [0.1, 0.15) is 13.3 Å². The minimum atomic E-state index is -0.327. The molecule has 0 spiro atoms. The van der Waals surface area contributed by atoms with Crippen LogP contribution in [0.2, 0.25) is 0 Å². The van der Waals surface area contributed by atoms with Gasteiger partial charge in [-0.05, 0) is 26.0 Å². The van der Waals surface area contributed by atoms with Gasteiger partial charge in [-0.3, -0.25) is 4.68 Å². The smallest absolute Gasteiger partial charge is 0.334 e. The molecule has 0 unspecified atom stereocenters. The summed E-state index contributed by atoms with van der Waals surface area (Å²) in [7, 11) is 0. The number of carbonyl (C=O) groups excluding carboxylic acids is 1. The number of aromatic nitrogens is 2. The lowest BCUT2D eigenvalue weighted by molar-refractivity contribution is -0.138. The van der Waals surface area contributed by atoms with E-state index in [1.54, 1.807) is 13.1 Å². The maximum Gasteiger partial charge on any atom is 0.334 e. The fourth-order valence-electron chi connectivity index (χ4n) is 1.34. The third-order valence-corrected chi connectivity index (χ3v) is 2.20. The minimum absolute atomic E-state index is 0.327. The topological polar surface area (TPSA) is 56.2 Å². The van der Waals surface area contributed by atoms with Crippen LogP contribution in [0.3, 0.4) is 0 Å². The van der Waals surface area contributed by atoms with Crippen LogP contribution in [0.15, 0.2) is 30.6 Å². The molecule has 0 amide bonds. The molecular formula is C12H19N3O2. The molecule has 0 fully saturated rings. The second-order valence-electron chi connectivity index (χ2n) is 3.62. The first-order valence-corrected chi connectivity index (χ1v) is 5.77. The van der Waals surface area contributed by atoms with Crippen molar-refractivity contribution in [3.63, 3.8) is 0 Å². The molecule has 0 aliphatic rings. The summed E-state index contributed by atoms with van der Waals surface area (Å²) < 4.78 is 6.70. The monoisotopic (exact) mass is 237 g/mol. The zero-order chi connectivity index (χ0) is 12.5. The molecule has 0 aliphatic carbocycles. The van der Waals surface area contributed by atoms with Crippen molar-refractivity contribution in [2.75, 3.05) is 19.7 Å². The van der Waals surface area contributed by atoms with Gasteiger partial charge in [-0.15, -0.1) is 0 Å². The average Bonchev–Trinajstić information content (AvgIpc) is 2.81. The van der Waals surface area contributed by atoms with Gasteiger partial charge in [0, 0.05) is 31.1 Å². The van der Waals surface area contributed by atoms with E-state index in [4.69, 9.17) is 4.74 Å². The molecule has 0 radical (unpaired) electrons. The number of hydrogen-bond donors (Lipinski definition) is 1. The summed E-state index contributed by atoms with van der Waals surface area (Å²) in [5.41, 5.74) is 0.464. The van der Waals surface area contributed by atoms with Gasteiger partial charge in [0.2, 0.25) is 0 Å². The van der Waals surface area contributed by atoms with Gasteiger partial charge < -0.3 is 10.1 Å². The van der Waals surface area contributed by atoms with Gasteiger partial charge in [-0.25, -0.2) is 4.79 Å². The molecule has 94 valence electrons. The molecule has 17 heavy (non-hydrogen) atoms. The van der Waals surface area contributed by atoms with Crippen LogP contribution >= 0.6 is 0 Å². The van der Waals surface area contributed by atoms with E-state index in [1.807, 2.05) is 16.9 Å². The fourth-order valence-corrected chi connectivity index (χ4v) is 1.34. The number of nitrogens with zero attached hydrogens (tertiary/aromatic N) is 2. The van der Waals surface area contributed by atoms with Crippen molar-refractivity contribution in [3.8, 4) is 0 Å². The fraction of sp³-hybridized carbons (Fsp3) is 0.500. The summed E-state index contributed by atoms with van der Waals surface area (Å²) in [5, 5.41) is 7.24. The summed E-state index contributed by atoms with van der Waals surface area (Å²) in [6.07, 6.45) is 4.64. The number of nitrogens with one attached hydrogen (secondary N) is 1. The van der Waals surface area contributed by atoms with Crippen LogP contribution in [0, 0.1) is 0 Å². The van der Waals surface area contributed by atoms with Crippen molar-refractivity contribution < 1.29 is 9.53 Å². The van der Waals surface area contributed by atoms with E-state index in [1.165, 1.54) is 0 Å². The SMILES string of the molecule is C=C(CNCCCn1cccn1)C(=O)OCC. The van der Waals surface area contributed by atoms with Crippen LogP contribution in [0.25, 0.3) is 0 Å². The van der Waals surface area contributed by atoms with Crippen molar-refractivity contribution in [1.29, 1.82) is 0 Å². The molecule has 5 nitrogen and oxygen atoms in total. The number of rotatable bonds is 8. The summed E-state index contributed by atoms with van der Waals surface area (Å²) in [4.78, 5) is 11.2. The Labute approximate surface area is 101 Å². The van der Waals surface area contributed by atoms with Gasteiger partial charge in [0.25, 0.3) is 0 Å². The molecular weight excluding hydrogens is 218 g/mol. The summed E-state index contributed by atoms with van der Waals surface area (Å²) in [6, 6.07) is 1.90. The Kier molecular flexibility index (Phi) is 6.03. The highest BCUT2D eigenvalue weighted by atomic mass is 16.5. The largest absolute Gasteiger partial charge is 0.463 e. The molecule has 0 saturated carbocycles. The number of esters is 1. The second-order valence-corrected chi connectivity index (χ2v) is 3.62. The molecule has 0 aromatic carbocycles. The average molecular weight is 237 g/mol. The highest BCUT2D eigenvalue weighted by Crippen LogP contribution is 1.93. The molecule has 1 heterocycles. The molecule has 1 aromatic rings. The summed E-state index contributed by atoms with van der Waals surface area (Å²) in [5.74, 6) is -0.327. The van der Waals surface area contributed by atoms with Crippen molar-refractivity contribution in [2.45, 2.75) is 19.9 Å². The van der Waals surface area contributed by atoms with Crippen molar-refractivity contribution in [1.82, 2.24) is 15.1 Å². The first-order valence-electron chi connectivity index (χ1n) is 5.77. The predicted molar refractivity (Wildman–Crippen MR) is 65.5 cm³/mol. The van der Waals surface area contributed by atoms with Crippen molar-refractivity contribution >= 4 is 5.97 Å². The van der Waals surface area contributed by atoms with E-state index < -0.39 is 0 Å². The van der Waals surface area contributed by atoms with Gasteiger partial charge in [-0.1, -0.05) is 6.58 Å². The van der Waals surface area contributed by atoms with Crippen LogP contribution in [0.5, 0.6) is 0 Å². The number of carbonyl (C=O) groups is 1. The Morgan fingerprint density at radius 3 is 3.06 bits per heavy atom. The summed E-state index contributed by atoms with van der Waals surface area (Å²) in [6.45, 7) is 7.99. The molecule has 0 atom stereocenters. The van der Waals surface area contributed by atoms with E-state index in [9.17, 15) is 4.79 Å². The third kappa shape index (κ3) is 5.31. The molecule has 0 saturated heterocycles. The lowest BCUT2D eigenvalue weighted by Crippen LogP contribution is -2.23. The maximum absolute atomic E-state index is 11.2. The standard InChI is InChI=1S/C12H19N3O2/c1-3-17-12(16)11(2)10-13-6-4-8-15-9-5-7-14-15/h5,7,9,13H,2-4,6,8,10H2,1H3. The van der Waals surface area contributed by atoms with E-state index in [-0.39, 0.29) is 5.97 Å². The van der Waals surface area contributed by atoms with Gasteiger partial charge in [0.05, 0.1) is 6.61 Å². The first-order chi connectivity index (χ1) is 8.24. The van der Waals surface area contributed by atoms with E-state index in [2.05, 4.69) is 17.0 Å². The Morgan fingerprint density at radius 1 is 1.59 bits per heavy atom. The molecule has 1 N–H and O–H groups in total. The molecule has 0 aliphatic heterocycles. The lowest BCUT2D eigenvalue weighted by atomic mass is 10.3. The van der Waals surface area contributed by atoms with Crippen LogP contribution < -0.4 is 5.32 Å². The van der Waals surface area contributed by atoms with E-state index in [0.717, 1.165) is 19.5 Å². The Morgan fingerprint density at radius 2 is 2.41 bits per heavy atom. The normalized spacial score (nSPS) is 10.2. The minimum Gasteiger partial charge on any atom is -0.463 e. The predicted octanol–water partition coefficient (Wildman–Crippen LogP) is 0.982. The van der Waals surface area contributed by atoms with Crippen molar-refractivity contribution in [3.05, 3.63) is 30.6 Å². The molecule has 1 rings (SSSR count). The summed E-state index contributed by atoms with van der Waals surface area (Å²) >= 11 is 0. The van der Waals surface area contributed by atoms with Gasteiger partial charge in [-0.2, -0.15) is 5.10 Å². The Balaban J connectivity index is 2.04. The third-order valence-electron chi connectivity index (χ3n) is 2.20. The van der Waals surface area contributed by atoms with Crippen LogP contribution in [0.4, 0.5) is 0 Å². The highest BCUT2D eigenvalue weighted by molar-refractivity contribution is 5.88. The number of ether oxygens (including phenoxy) is 1. The molecule has 5 heteroatoms. The number of aryl methyl sites for hydroxylation is 1. The highest BCUT2D eigenvalue weighted by Gasteiger charge is 2.06. The zero-order valence-electron chi connectivity index (χ0n) is 10.2. The second kappa shape index (κ2) is 7.62. The van der Waals surface area contributed by atoms with Gasteiger partial charge in [0.15, 0.2) is 0 Å². The van der Waals surface area contributed by atoms with E-state index >= 15 is 0 Å². The zero-order valence-corrected chi connectivity index (χ0v) is 10.2. The van der Waals surface area contributed by atoms with Crippen LogP contribution in [-0.2, 0) is 16.1 Å². The Hall–Kier alpha value is -1.62. The van der Waals surface area contributed by atoms with E-state index in [0.29, 0.717) is 18.7 Å². The Bertz CT molecular complexity index is 347. The van der Waals surface area contributed by atoms with Gasteiger partial charge >= 0.3 is 5.97 Å². The van der Waals surface area contributed by atoms with Gasteiger partial charge in [0.1, 0.15) is 0 Å². The molecule has 0 bridgehead atoms. The lowest BCUT2D eigenvalue weighted by Gasteiger charge is -2.07. The first kappa shape index (κ1) is 13.4. The number of hydrogen-bond acceptors (Lipinski definition) is 4.